The highest BCUT2D eigenvalue weighted by Crippen LogP contribution is 2.27. The first kappa shape index (κ1) is 21.6. The second-order valence-corrected chi connectivity index (χ2v) is 7.80. The Morgan fingerprint density at radius 2 is 1.93 bits per heavy atom. The molecule has 0 spiro atoms. The van der Waals surface area contributed by atoms with Gasteiger partial charge in [-0.25, -0.2) is 4.39 Å². The summed E-state index contributed by atoms with van der Waals surface area (Å²) in [4.78, 5) is 14.4. The third-order valence-corrected chi connectivity index (χ3v) is 5.36. The van der Waals surface area contributed by atoms with E-state index in [0.717, 1.165) is 41.5 Å². The number of aromatic nitrogens is 1. The van der Waals surface area contributed by atoms with Gasteiger partial charge in [-0.1, -0.05) is 42.2 Å². The van der Waals surface area contributed by atoms with Crippen molar-refractivity contribution in [2.45, 2.75) is 39.2 Å². The molecule has 1 saturated carbocycles. The van der Waals surface area contributed by atoms with Crippen LogP contribution in [0.1, 0.15) is 30.4 Å². The fourth-order valence-corrected chi connectivity index (χ4v) is 3.33. The number of aryl methyl sites for hydroxylation is 2. The number of terminal acetylenes is 1. The molecule has 156 valence electrons. The van der Waals surface area contributed by atoms with Gasteiger partial charge in [-0.2, -0.15) is 0 Å². The maximum Gasteiger partial charge on any atom is 0.224 e. The van der Waals surface area contributed by atoms with Gasteiger partial charge in [0.1, 0.15) is 11.9 Å². The number of halogens is 1. The maximum atomic E-state index is 13.8. The minimum atomic E-state index is -0.516. The van der Waals surface area contributed by atoms with Gasteiger partial charge in [0.25, 0.3) is 0 Å². The Kier molecular flexibility index (Phi) is 6.91. The summed E-state index contributed by atoms with van der Waals surface area (Å²) in [5.41, 5.74) is 4.77. The second kappa shape index (κ2) is 9.60. The van der Waals surface area contributed by atoms with E-state index in [2.05, 4.69) is 35.3 Å². The Hall–Kier alpha value is -3.10. The molecule has 4 nitrogen and oxygen atoms in total. The average Bonchev–Trinajstić information content (AvgIpc) is 3.10. The number of amides is 1. The van der Waals surface area contributed by atoms with Crippen LogP contribution in [0.25, 0.3) is 22.2 Å². The number of rotatable bonds is 4. The largest absolute Gasteiger partial charge is 0.393 e. The van der Waals surface area contributed by atoms with Gasteiger partial charge < -0.3 is 15.4 Å². The Morgan fingerprint density at radius 3 is 2.50 bits per heavy atom. The number of benzene rings is 2. The van der Waals surface area contributed by atoms with Crippen molar-refractivity contribution >= 4 is 16.8 Å². The van der Waals surface area contributed by atoms with Gasteiger partial charge in [0.15, 0.2) is 0 Å². The molecule has 1 aliphatic rings. The molecule has 3 N–H and O–H groups in total. The number of nitrogens with one attached hydrogen (secondary N) is 2. The number of aromatic amines is 1. The van der Waals surface area contributed by atoms with Crippen LogP contribution in [0, 0.1) is 37.9 Å². The molecule has 1 atom stereocenters. The minimum Gasteiger partial charge on any atom is -0.393 e. The van der Waals surface area contributed by atoms with E-state index in [-0.39, 0.29) is 24.2 Å². The SMILES string of the molecule is C#CC(CO)NC(=O)C1CCC1.Cc1ccc(-c2cc3cc(C)cc(F)c3[nH]2)cc1. The number of aliphatic hydroxyl groups is 1. The Balaban J connectivity index is 0.000000187. The highest BCUT2D eigenvalue weighted by Gasteiger charge is 2.26. The minimum absolute atomic E-state index is 0.0155. The molecule has 0 radical (unpaired) electrons. The normalized spacial score (nSPS) is 14.2. The van der Waals surface area contributed by atoms with E-state index in [1.807, 2.05) is 31.2 Å². The lowest BCUT2D eigenvalue weighted by atomic mass is 9.84. The zero-order chi connectivity index (χ0) is 21.7. The first-order chi connectivity index (χ1) is 14.4. The van der Waals surface area contributed by atoms with E-state index >= 15 is 0 Å². The molecular weight excluding hydrogens is 379 g/mol. The highest BCUT2D eigenvalue weighted by molar-refractivity contribution is 5.86. The maximum absolute atomic E-state index is 13.8. The van der Waals surface area contributed by atoms with Crippen LogP contribution in [-0.4, -0.2) is 28.6 Å². The molecule has 1 amide bonds. The van der Waals surface area contributed by atoms with Gasteiger partial charge in [0, 0.05) is 17.0 Å². The molecule has 3 aromatic rings. The molecule has 2 aromatic carbocycles. The summed E-state index contributed by atoms with van der Waals surface area (Å²) >= 11 is 0. The molecule has 1 heterocycles. The van der Waals surface area contributed by atoms with Crippen LogP contribution in [-0.2, 0) is 4.79 Å². The average molecular weight is 407 g/mol. The molecule has 1 aromatic heterocycles. The van der Waals surface area contributed by atoms with E-state index in [9.17, 15) is 9.18 Å². The van der Waals surface area contributed by atoms with Crippen LogP contribution in [0.3, 0.4) is 0 Å². The van der Waals surface area contributed by atoms with Crippen molar-refractivity contribution in [1.29, 1.82) is 0 Å². The topological polar surface area (TPSA) is 65.1 Å². The van der Waals surface area contributed by atoms with E-state index < -0.39 is 6.04 Å². The molecule has 1 fully saturated rings. The van der Waals surface area contributed by atoms with Crippen molar-refractivity contribution in [2.75, 3.05) is 6.61 Å². The monoisotopic (exact) mass is 406 g/mol. The number of H-pyrrole nitrogens is 1. The Labute approximate surface area is 176 Å². The number of hydrogen-bond donors (Lipinski definition) is 3. The van der Waals surface area contributed by atoms with Crippen molar-refractivity contribution in [3.63, 3.8) is 0 Å². The number of fused-ring (bicyclic) bond motifs is 1. The zero-order valence-corrected chi connectivity index (χ0v) is 17.3. The van der Waals surface area contributed by atoms with Crippen LogP contribution in [0.2, 0.25) is 0 Å². The smallest absolute Gasteiger partial charge is 0.224 e. The summed E-state index contributed by atoms with van der Waals surface area (Å²) in [6, 6.07) is 13.2. The third-order valence-electron chi connectivity index (χ3n) is 5.36. The lowest BCUT2D eigenvalue weighted by Crippen LogP contribution is -2.42. The summed E-state index contributed by atoms with van der Waals surface area (Å²) in [5.74, 6) is 2.23. The molecular formula is C25H27FN2O2. The van der Waals surface area contributed by atoms with Crippen LogP contribution in [0.5, 0.6) is 0 Å². The first-order valence-corrected chi connectivity index (χ1v) is 10.1. The summed E-state index contributed by atoms with van der Waals surface area (Å²) in [5, 5.41) is 12.2. The second-order valence-electron chi connectivity index (χ2n) is 7.80. The predicted molar refractivity (Wildman–Crippen MR) is 118 cm³/mol. The van der Waals surface area contributed by atoms with E-state index in [1.165, 1.54) is 5.56 Å². The van der Waals surface area contributed by atoms with Gasteiger partial charge in [-0.15, -0.1) is 6.42 Å². The summed E-state index contributed by atoms with van der Waals surface area (Å²) < 4.78 is 13.8. The van der Waals surface area contributed by atoms with Crippen LogP contribution in [0.15, 0.2) is 42.5 Å². The predicted octanol–water partition coefficient (Wildman–Crippen LogP) is 4.49. The summed E-state index contributed by atoms with van der Waals surface area (Å²) in [6.07, 6.45) is 8.10. The van der Waals surface area contributed by atoms with Crippen molar-refractivity contribution < 1.29 is 14.3 Å². The van der Waals surface area contributed by atoms with Gasteiger partial charge in [-0.3, -0.25) is 4.79 Å². The number of carbonyl (C=O) groups excluding carboxylic acids is 1. The molecule has 0 bridgehead atoms. The fourth-order valence-electron chi connectivity index (χ4n) is 3.33. The number of carbonyl (C=O) groups is 1. The molecule has 5 heteroatoms. The quantitative estimate of drug-likeness (QED) is 0.559. The van der Waals surface area contributed by atoms with Crippen LogP contribution < -0.4 is 5.32 Å². The van der Waals surface area contributed by atoms with E-state index in [1.54, 1.807) is 6.07 Å². The zero-order valence-electron chi connectivity index (χ0n) is 17.3. The first-order valence-electron chi connectivity index (χ1n) is 10.1. The van der Waals surface area contributed by atoms with Crippen molar-refractivity contribution in [1.82, 2.24) is 10.3 Å². The van der Waals surface area contributed by atoms with Crippen LogP contribution in [0.4, 0.5) is 4.39 Å². The summed E-state index contributed by atoms with van der Waals surface area (Å²) in [7, 11) is 0. The standard InChI is InChI=1S/C16H14FN.C9H13NO2/c1-10-3-5-12(6-4-10)15-9-13-7-11(2)8-14(17)16(13)18-15;1-2-8(6-11)10-9(12)7-4-3-5-7/h3-9,18H,1-2H3;1,7-8,11H,3-6H2,(H,10,12). The van der Waals surface area contributed by atoms with Crippen molar-refractivity contribution in [3.8, 4) is 23.6 Å². The van der Waals surface area contributed by atoms with E-state index in [0.29, 0.717) is 5.52 Å². The molecule has 30 heavy (non-hydrogen) atoms. The van der Waals surface area contributed by atoms with Gasteiger partial charge in [-0.05, 0) is 56.0 Å². The number of hydrogen-bond acceptors (Lipinski definition) is 2. The number of aliphatic hydroxyl groups excluding tert-OH is 1. The lowest BCUT2D eigenvalue weighted by Gasteiger charge is -2.25. The fraction of sp³-hybridized carbons (Fsp3) is 0.320. The van der Waals surface area contributed by atoms with Crippen molar-refractivity contribution in [3.05, 3.63) is 59.4 Å². The molecule has 0 saturated heterocycles. The lowest BCUT2D eigenvalue weighted by molar-refractivity contribution is -0.128. The highest BCUT2D eigenvalue weighted by atomic mass is 19.1. The van der Waals surface area contributed by atoms with Crippen molar-refractivity contribution in [2.24, 2.45) is 5.92 Å². The molecule has 1 aliphatic carbocycles. The molecule has 0 aliphatic heterocycles. The molecule has 1 unspecified atom stereocenters. The van der Waals surface area contributed by atoms with Gasteiger partial charge in [0.05, 0.1) is 12.1 Å². The van der Waals surface area contributed by atoms with Gasteiger partial charge >= 0.3 is 0 Å². The Bertz CT molecular complexity index is 1060. The molecule has 4 rings (SSSR count). The Morgan fingerprint density at radius 1 is 1.23 bits per heavy atom. The van der Waals surface area contributed by atoms with Gasteiger partial charge in [0.2, 0.25) is 5.91 Å². The summed E-state index contributed by atoms with van der Waals surface area (Å²) in [6.45, 7) is 3.77. The third kappa shape index (κ3) is 5.08. The van der Waals surface area contributed by atoms with E-state index in [4.69, 9.17) is 11.5 Å². The van der Waals surface area contributed by atoms with Crippen LogP contribution >= 0.6 is 0 Å².